The standard InChI is InChI=1S/C25H26N2O3S/c1-3-7-16-12-14-17(15-13-16)23(28)27-25-22(18-8-6-11-21(18)31-25)24(29)26-19-9-4-5-10-20(19)30-2/h4-5,9-10,12-15H,3,6-8,11H2,1-2H3,(H,26,29)(H,27,28). The number of rotatable bonds is 7. The third-order valence-electron chi connectivity index (χ3n) is 5.49. The summed E-state index contributed by atoms with van der Waals surface area (Å²) in [5, 5.41) is 6.56. The van der Waals surface area contributed by atoms with Crippen molar-refractivity contribution in [3.63, 3.8) is 0 Å². The van der Waals surface area contributed by atoms with Gasteiger partial charge in [-0.25, -0.2) is 0 Å². The van der Waals surface area contributed by atoms with Crippen LogP contribution in [0.5, 0.6) is 5.75 Å². The average Bonchev–Trinajstić information content (AvgIpc) is 3.35. The maximum atomic E-state index is 13.2. The van der Waals surface area contributed by atoms with Gasteiger partial charge in [-0.15, -0.1) is 11.3 Å². The van der Waals surface area contributed by atoms with E-state index < -0.39 is 0 Å². The van der Waals surface area contributed by atoms with Gasteiger partial charge in [-0.05, 0) is 61.1 Å². The van der Waals surface area contributed by atoms with Crippen LogP contribution in [0.2, 0.25) is 0 Å². The van der Waals surface area contributed by atoms with Crippen molar-refractivity contribution in [1.29, 1.82) is 0 Å². The van der Waals surface area contributed by atoms with Crippen LogP contribution in [0, 0.1) is 0 Å². The van der Waals surface area contributed by atoms with Crippen LogP contribution in [0.3, 0.4) is 0 Å². The fourth-order valence-electron chi connectivity index (χ4n) is 3.95. The highest BCUT2D eigenvalue weighted by molar-refractivity contribution is 7.17. The van der Waals surface area contributed by atoms with Crippen LogP contribution in [-0.4, -0.2) is 18.9 Å². The fraction of sp³-hybridized carbons (Fsp3) is 0.280. The number of methoxy groups -OCH3 is 1. The van der Waals surface area contributed by atoms with Gasteiger partial charge in [-0.3, -0.25) is 9.59 Å². The van der Waals surface area contributed by atoms with Crippen LogP contribution in [0.4, 0.5) is 10.7 Å². The molecule has 1 aliphatic carbocycles. The van der Waals surface area contributed by atoms with Crippen LogP contribution in [0.25, 0.3) is 0 Å². The van der Waals surface area contributed by atoms with E-state index in [1.807, 2.05) is 36.4 Å². The zero-order valence-electron chi connectivity index (χ0n) is 17.8. The van der Waals surface area contributed by atoms with Crippen LogP contribution >= 0.6 is 11.3 Å². The van der Waals surface area contributed by atoms with Crippen molar-refractivity contribution in [2.24, 2.45) is 0 Å². The molecule has 1 aliphatic rings. The van der Waals surface area contributed by atoms with E-state index >= 15 is 0 Å². The molecule has 1 aromatic heterocycles. The summed E-state index contributed by atoms with van der Waals surface area (Å²) in [6.45, 7) is 2.13. The molecule has 2 N–H and O–H groups in total. The maximum Gasteiger partial charge on any atom is 0.259 e. The number of aryl methyl sites for hydroxylation is 2. The van der Waals surface area contributed by atoms with E-state index in [1.165, 1.54) is 21.8 Å². The zero-order valence-corrected chi connectivity index (χ0v) is 18.6. The van der Waals surface area contributed by atoms with E-state index in [-0.39, 0.29) is 11.8 Å². The Morgan fingerprint density at radius 1 is 1.00 bits per heavy atom. The van der Waals surface area contributed by atoms with E-state index in [0.717, 1.165) is 37.7 Å². The Hall–Kier alpha value is -3.12. The first-order valence-corrected chi connectivity index (χ1v) is 11.4. The summed E-state index contributed by atoms with van der Waals surface area (Å²) in [6.07, 6.45) is 4.88. The first kappa shape index (κ1) is 21.1. The summed E-state index contributed by atoms with van der Waals surface area (Å²) < 4.78 is 5.35. The molecule has 0 fully saturated rings. The van der Waals surface area contributed by atoms with Crippen molar-refractivity contribution in [2.45, 2.75) is 39.0 Å². The lowest BCUT2D eigenvalue weighted by Gasteiger charge is -2.12. The van der Waals surface area contributed by atoms with Gasteiger partial charge in [-0.1, -0.05) is 37.6 Å². The molecule has 0 spiro atoms. The Morgan fingerprint density at radius 3 is 2.52 bits per heavy atom. The van der Waals surface area contributed by atoms with E-state index in [1.54, 1.807) is 19.2 Å². The molecule has 0 atom stereocenters. The molecular weight excluding hydrogens is 408 g/mol. The minimum atomic E-state index is -0.225. The highest BCUT2D eigenvalue weighted by Crippen LogP contribution is 2.40. The van der Waals surface area contributed by atoms with Crippen molar-refractivity contribution in [2.75, 3.05) is 17.7 Å². The largest absolute Gasteiger partial charge is 0.495 e. The Kier molecular flexibility index (Phi) is 6.37. The molecule has 5 nitrogen and oxygen atoms in total. The summed E-state index contributed by atoms with van der Waals surface area (Å²) in [5.74, 6) is 0.173. The van der Waals surface area contributed by atoms with Crippen LogP contribution in [0.1, 0.15) is 56.5 Å². The second-order valence-electron chi connectivity index (χ2n) is 7.62. The highest BCUT2D eigenvalue weighted by atomic mass is 32.1. The van der Waals surface area contributed by atoms with Crippen molar-refractivity contribution < 1.29 is 14.3 Å². The molecule has 0 saturated heterocycles. The number of hydrogen-bond donors (Lipinski definition) is 2. The van der Waals surface area contributed by atoms with Gasteiger partial charge in [0.2, 0.25) is 0 Å². The van der Waals surface area contributed by atoms with E-state index in [9.17, 15) is 9.59 Å². The van der Waals surface area contributed by atoms with E-state index in [0.29, 0.717) is 27.6 Å². The highest BCUT2D eigenvalue weighted by Gasteiger charge is 2.28. The molecule has 4 rings (SSSR count). The molecule has 0 saturated carbocycles. The van der Waals surface area contributed by atoms with Gasteiger partial charge in [0.15, 0.2) is 0 Å². The third-order valence-corrected chi connectivity index (χ3v) is 6.69. The molecule has 0 bridgehead atoms. The number of amides is 2. The number of thiophene rings is 1. The summed E-state index contributed by atoms with van der Waals surface area (Å²) in [6, 6.07) is 15.0. The van der Waals surface area contributed by atoms with Crippen LogP contribution < -0.4 is 15.4 Å². The van der Waals surface area contributed by atoms with Crippen molar-refractivity contribution >= 4 is 33.8 Å². The minimum Gasteiger partial charge on any atom is -0.495 e. The molecule has 2 aromatic carbocycles. The smallest absolute Gasteiger partial charge is 0.259 e. The molecule has 1 heterocycles. The molecule has 0 aliphatic heterocycles. The van der Waals surface area contributed by atoms with E-state index in [4.69, 9.17) is 4.74 Å². The normalized spacial score (nSPS) is 12.3. The number of carbonyl (C=O) groups excluding carboxylic acids is 2. The molecule has 31 heavy (non-hydrogen) atoms. The number of hydrogen-bond acceptors (Lipinski definition) is 4. The quantitative estimate of drug-likeness (QED) is 0.501. The topological polar surface area (TPSA) is 67.4 Å². The molecule has 6 heteroatoms. The van der Waals surface area contributed by atoms with Gasteiger partial charge in [0.25, 0.3) is 11.8 Å². The van der Waals surface area contributed by atoms with Gasteiger partial charge in [-0.2, -0.15) is 0 Å². The van der Waals surface area contributed by atoms with E-state index in [2.05, 4.69) is 17.6 Å². The van der Waals surface area contributed by atoms with Crippen molar-refractivity contribution in [3.8, 4) is 5.75 Å². The Morgan fingerprint density at radius 2 is 1.77 bits per heavy atom. The third kappa shape index (κ3) is 4.49. The average molecular weight is 435 g/mol. The van der Waals surface area contributed by atoms with Gasteiger partial charge in [0.05, 0.1) is 18.4 Å². The van der Waals surface area contributed by atoms with Crippen LogP contribution in [-0.2, 0) is 19.3 Å². The number of para-hydroxylation sites is 2. The minimum absolute atomic E-state index is 0.200. The predicted octanol–water partition coefficient (Wildman–Crippen LogP) is 5.70. The summed E-state index contributed by atoms with van der Waals surface area (Å²) in [7, 11) is 1.57. The molecule has 2 amide bonds. The monoisotopic (exact) mass is 434 g/mol. The summed E-state index contributed by atoms with van der Waals surface area (Å²) in [5.41, 5.74) is 4.03. The van der Waals surface area contributed by atoms with Crippen molar-refractivity contribution in [1.82, 2.24) is 0 Å². The van der Waals surface area contributed by atoms with Crippen molar-refractivity contribution in [3.05, 3.63) is 75.7 Å². The number of ether oxygens (including phenoxy) is 1. The lowest BCUT2D eigenvalue weighted by Crippen LogP contribution is -2.18. The number of carbonyl (C=O) groups is 2. The molecule has 3 aromatic rings. The second kappa shape index (κ2) is 9.35. The van der Waals surface area contributed by atoms with Gasteiger partial charge in [0.1, 0.15) is 10.8 Å². The number of fused-ring (bicyclic) bond motifs is 1. The van der Waals surface area contributed by atoms with Gasteiger partial charge >= 0.3 is 0 Å². The first-order chi connectivity index (χ1) is 15.1. The molecule has 0 unspecified atom stereocenters. The predicted molar refractivity (Wildman–Crippen MR) is 126 cm³/mol. The van der Waals surface area contributed by atoms with Gasteiger partial charge in [0, 0.05) is 10.4 Å². The lowest BCUT2D eigenvalue weighted by molar-refractivity contribution is 0.102. The molecule has 0 radical (unpaired) electrons. The maximum absolute atomic E-state index is 13.2. The summed E-state index contributed by atoms with van der Waals surface area (Å²) in [4.78, 5) is 27.3. The Balaban J connectivity index is 1.59. The zero-order chi connectivity index (χ0) is 21.8. The Labute approximate surface area is 186 Å². The Bertz CT molecular complexity index is 1100. The molecular formula is C25H26N2O3S. The van der Waals surface area contributed by atoms with Crippen LogP contribution in [0.15, 0.2) is 48.5 Å². The number of benzene rings is 2. The number of nitrogens with one attached hydrogen (secondary N) is 2. The fourth-order valence-corrected chi connectivity index (χ4v) is 5.23. The summed E-state index contributed by atoms with van der Waals surface area (Å²) >= 11 is 1.51. The SMILES string of the molecule is CCCc1ccc(C(=O)Nc2sc3c(c2C(=O)Nc2ccccc2OC)CCC3)cc1. The lowest BCUT2D eigenvalue weighted by atomic mass is 10.1. The van der Waals surface area contributed by atoms with Gasteiger partial charge < -0.3 is 15.4 Å². The number of anilines is 2. The first-order valence-electron chi connectivity index (χ1n) is 10.6. The molecule has 160 valence electrons. The second-order valence-corrected chi connectivity index (χ2v) is 8.72.